The van der Waals surface area contributed by atoms with Gasteiger partial charge in [0.05, 0.1) is 50.6 Å². The fraction of sp³-hybridized carbons (Fsp3) is 0.327. The van der Waals surface area contributed by atoms with Crippen LogP contribution in [0.2, 0.25) is 0 Å². The van der Waals surface area contributed by atoms with Crippen LogP contribution in [0.25, 0.3) is 55.6 Å². The van der Waals surface area contributed by atoms with Crippen LogP contribution >= 0.6 is 0 Å². The zero-order valence-electron chi connectivity index (χ0n) is 66.3. The van der Waals surface area contributed by atoms with E-state index in [1.807, 2.05) is 78.9 Å². The lowest BCUT2D eigenvalue weighted by Crippen LogP contribution is -2.23. The summed E-state index contributed by atoms with van der Waals surface area (Å²) in [5, 5.41) is 0. The van der Waals surface area contributed by atoms with Crippen molar-refractivity contribution in [1.82, 2.24) is 0 Å². The molecule has 15 unspecified atom stereocenters. The van der Waals surface area contributed by atoms with Crippen molar-refractivity contribution >= 4 is 11.9 Å². The van der Waals surface area contributed by atoms with Gasteiger partial charge < -0.3 is 23.7 Å². The molecule has 10 aromatic carbocycles. The average Bonchev–Trinajstić information content (AvgIpc) is 1.64. The average molecular weight is 1510 g/mol. The van der Waals surface area contributed by atoms with E-state index >= 15 is 0 Å². The van der Waals surface area contributed by atoms with Gasteiger partial charge in [0.15, 0.2) is 0 Å². The third-order valence-corrected chi connectivity index (χ3v) is 25.7. The number of aryl methyl sites for hydroxylation is 2. The summed E-state index contributed by atoms with van der Waals surface area (Å²) in [7, 11) is 0. The van der Waals surface area contributed by atoms with Crippen molar-refractivity contribution in [3.8, 4) is 61.4 Å². The zero-order valence-corrected chi connectivity index (χ0v) is 66.3. The van der Waals surface area contributed by atoms with E-state index in [-0.39, 0.29) is 18.0 Å². The number of allylic oxidation sites excluding steroid dienone is 7. The molecular weight excluding hydrogens is 1400 g/mol. The number of carbonyl (C=O) groups is 2. The molecule has 0 N–H and O–H groups in total. The molecule has 580 valence electrons. The summed E-state index contributed by atoms with van der Waals surface area (Å²) in [5.74, 6) is 9.07. The van der Waals surface area contributed by atoms with Gasteiger partial charge in [0.1, 0.15) is 11.9 Å². The van der Waals surface area contributed by atoms with Crippen molar-refractivity contribution in [3.63, 3.8) is 0 Å². The molecule has 0 radical (unpaired) electrons. The lowest BCUT2D eigenvalue weighted by atomic mass is 9.91. The number of fused-ring (bicyclic) bond motifs is 10. The van der Waals surface area contributed by atoms with Gasteiger partial charge in [0.2, 0.25) is 0 Å². The Hall–Kier alpha value is -10.4. The first kappa shape index (κ1) is 77.5. The Bertz CT molecular complexity index is 4790. The van der Waals surface area contributed by atoms with Crippen molar-refractivity contribution in [1.29, 1.82) is 0 Å². The second kappa shape index (κ2) is 37.7. The van der Waals surface area contributed by atoms with E-state index in [1.165, 1.54) is 125 Å². The summed E-state index contributed by atoms with van der Waals surface area (Å²) in [6.07, 6.45) is 40.4. The monoisotopic (exact) mass is 1510 g/mol. The zero-order chi connectivity index (χ0) is 77.4. The Labute approximate surface area is 677 Å². The van der Waals surface area contributed by atoms with Crippen LogP contribution in [0.15, 0.2) is 322 Å². The van der Waals surface area contributed by atoms with Crippen LogP contribution in [0.5, 0.6) is 5.75 Å². The smallest absolute Gasteiger partial charge is 0.338 e. The number of hydrogen-bond donors (Lipinski definition) is 0. The Kier molecular flexibility index (Phi) is 25.6. The second-order valence-corrected chi connectivity index (χ2v) is 33.7. The number of ether oxygens (including phenoxy) is 5. The van der Waals surface area contributed by atoms with E-state index in [4.69, 9.17) is 23.7 Å². The minimum atomic E-state index is -0.212. The molecule has 0 aliphatic heterocycles. The molecule has 10 aromatic rings. The maximum atomic E-state index is 12.2. The van der Waals surface area contributed by atoms with Gasteiger partial charge in [-0.05, 0) is 253 Å². The van der Waals surface area contributed by atoms with Crippen LogP contribution in [-0.4, -0.2) is 56.7 Å². The maximum absolute atomic E-state index is 12.2. The number of rotatable bonds is 23. The van der Waals surface area contributed by atoms with Crippen LogP contribution in [0.4, 0.5) is 0 Å². The van der Waals surface area contributed by atoms with Gasteiger partial charge in [-0.1, -0.05) is 303 Å². The molecule has 10 aliphatic carbocycles. The van der Waals surface area contributed by atoms with Crippen molar-refractivity contribution in [2.75, 3.05) is 26.4 Å². The minimum absolute atomic E-state index is 0.0982. The van der Waals surface area contributed by atoms with Crippen molar-refractivity contribution in [2.24, 2.45) is 71.0 Å². The predicted molar refractivity (Wildman–Crippen MR) is 463 cm³/mol. The molecule has 114 heavy (non-hydrogen) atoms. The Morgan fingerprint density at radius 2 is 0.711 bits per heavy atom. The van der Waals surface area contributed by atoms with Crippen molar-refractivity contribution in [2.45, 2.75) is 122 Å². The molecule has 0 heterocycles. The summed E-state index contributed by atoms with van der Waals surface area (Å²) in [6, 6.07) is 90.2. The second-order valence-electron chi connectivity index (χ2n) is 33.7. The molecule has 15 atom stereocenters. The number of hydrogen-bond acceptors (Lipinski definition) is 7. The standard InChI is InChI=1S/C23H26O.2C21H20O2.2C21H22O/c1-16-3-10-22(17(2)13-16)20-7-4-18(5-8-20)11-12-24-23-15-19-6-9-21(23)14-19;22-21(23-20-13-16-8-11-19(20)12-16)14-15-6-9-18(10-7-15)17-4-2-1-3-5-17;22-21(23-14-20-13-15-6-7-19(20)12-15)18-10-8-17(9-11-18)16-4-2-1-3-5-16;1-2-4-18(5-3-1)19-9-6-16(7-10-19)12-13-22-21-15-17-8-11-20(21)14-17;1-2-4-17(5-3-1)18-8-10-21(11-9-18)22-13-12-20-15-16-6-7-19(20)14-16/h3-10,13,19,21,23H,11-12,14-15H2,1-2H3;1-11,16,19-20H,12-14H2;1-11,15,19-20H,12-14H2;1-11,17,20-21H,12-15H2;1-11,16,19-20H,12-15H2. The lowest BCUT2D eigenvalue weighted by Gasteiger charge is -2.18. The Morgan fingerprint density at radius 1 is 0.333 bits per heavy atom. The van der Waals surface area contributed by atoms with Gasteiger partial charge in [0.25, 0.3) is 0 Å². The minimum Gasteiger partial charge on any atom is -0.494 e. The molecule has 20 rings (SSSR count). The molecule has 0 amide bonds. The highest BCUT2D eigenvalue weighted by atomic mass is 16.5. The first-order chi connectivity index (χ1) is 56.0. The van der Waals surface area contributed by atoms with E-state index in [1.54, 1.807) is 0 Å². The highest BCUT2D eigenvalue weighted by Crippen LogP contribution is 2.47. The fourth-order valence-corrected chi connectivity index (χ4v) is 19.4. The molecule has 0 spiro atoms. The molecule has 10 bridgehead atoms. The van der Waals surface area contributed by atoms with Crippen LogP contribution in [0.1, 0.15) is 109 Å². The summed E-state index contributed by atoms with van der Waals surface area (Å²) in [6.45, 7) is 7.40. The summed E-state index contributed by atoms with van der Waals surface area (Å²) >= 11 is 0. The Balaban J connectivity index is 0.000000107. The van der Waals surface area contributed by atoms with Gasteiger partial charge in [-0.2, -0.15) is 0 Å². The highest BCUT2D eigenvalue weighted by Gasteiger charge is 2.40. The summed E-state index contributed by atoms with van der Waals surface area (Å²) < 4.78 is 29.4. The number of carbonyl (C=O) groups excluding carboxylic acids is 2. The van der Waals surface area contributed by atoms with Crippen LogP contribution in [-0.2, 0) is 43.0 Å². The first-order valence-corrected chi connectivity index (χ1v) is 42.4. The van der Waals surface area contributed by atoms with E-state index in [2.05, 4.69) is 257 Å². The molecule has 0 saturated heterocycles. The topological polar surface area (TPSA) is 80.3 Å². The van der Waals surface area contributed by atoms with Gasteiger partial charge in [-0.15, -0.1) is 0 Å². The maximum Gasteiger partial charge on any atom is 0.338 e. The normalized spacial score (nSPS) is 25.1. The van der Waals surface area contributed by atoms with Crippen molar-refractivity contribution < 1.29 is 33.3 Å². The van der Waals surface area contributed by atoms with E-state index in [0.717, 1.165) is 97.5 Å². The highest BCUT2D eigenvalue weighted by molar-refractivity contribution is 5.90. The third kappa shape index (κ3) is 20.4. The van der Waals surface area contributed by atoms with Gasteiger partial charge in [0, 0.05) is 17.8 Å². The van der Waals surface area contributed by atoms with E-state index in [0.29, 0.717) is 72.2 Å². The van der Waals surface area contributed by atoms with Crippen LogP contribution in [0, 0.1) is 84.9 Å². The van der Waals surface area contributed by atoms with E-state index < -0.39 is 0 Å². The van der Waals surface area contributed by atoms with Gasteiger partial charge in [-0.25, -0.2) is 4.79 Å². The third-order valence-electron chi connectivity index (χ3n) is 25.7. The quantitative estimate of drug-likeness (QED) is 0.0466. The summed E-state index contributed by atoms with van der Waals surface area (Å²) in [4.78, 5) is 24.4. The van der Waals surface area contributed by atoms with Crippen LogP contribution in [0.3, 0.4) is 0 Å². The van der Waals surface area contributed by atoms with Gasteiger partial charge >= 0.3 is 11.9 Å². The van der Waals surface area contributed by atoms with E-state index in [9.17, 15) is 9.59 Å². The summed E-state index contributed by atoms with van der Waals surface area (Å²) in [5.41, 5.74) is 19.3. The molecule has 7 nitrogen and oxygen atoms in total. The molecule has 0 aromatic heterocycles. The molecule has 7 heteroatoms. The number of esters is 2. The number of benzene rings is 10. The molecule has 5 fully saturated rings. The largest absolute Gasteiger partial charge is 0.494 e. The molecular formula is C107H110O7. The predicted octanol–water partition coefficient (Wildman–Crippen LogP) is 24.8. The first-order valence-electron chi connectivity index (χ1n) is 42.4. The van der Waals surface area contributed by atoms with Crippen molar-refractivity contribution in [3.05, 3.63) is 355 Å². The van der Waals surface area contributed by atoms with Gasteiger partial charge in [-0.3, -0.25) is 4.79 Å². The fourth-order valence-electron chi connectivity index (χ4n) is 19.4. The SMILES string of the molecule is C1=CC2CC1CC2CCOc1ccc(-c2ccccc2)cc1.C1=CC2CC1CC2OCCc1ccc(-c2ccccc2)cc1.Cc1ccc(-c2ccc(CCOC3CC4C=CC3C4)cc2)c(C)c1.O=C(Cc1ccc(-c2ccccc2)cc1)OC1CC2C=CC1C2.O=C(OCC1CC2C=CC1C2)c1ccc(-c2ccccc2)cc1. The molecule has 5 saturated carbocycles. The Morgan fingerprint density at radius 3 is 1.11 bits per heavy atom. The lowest BCUT2D eigenvalue weighted by molar-refractivity contribution is -0.149. The van der Waals surface area contributed by atoms with Crippen LogP contribution < -0.4 is 4.74 Å². The molecule has 10 aliphatic rings.